The minimum absolute atomic E-state index is 0.213. The van der Waals surface area contributed by atoms with E-state index in [-0.39, 0.29) is 5.69 Å². The number of rotatable bonds is 5. The molecule has 1 saturated heterocycles. The molecule has 7 nitrogen and oxygen atoms in total. The van der Waals surface area contributed by atoms with E-state index in [1.807, 2.05) is 12.1 Å². The molecular weight excluding hydrogens is 376 g/mol. The predicted molar refractivity (Wildman–Crippen MR) is 117 cm³/mol. The van der Waals surface area contributed by atoms with E-state index >= 15 is 0 Å². The van der Waals surface area contributed by atoms with Crippen molar-refractivity contribution in [2.24, 2.45) is 0 Å². The lowest BCUT2D eigenvalue weighted by Crippen LogP contribution is -2.29. The third-order valence-corrected chi connectivity index (χ3v) is 5.06. The summed E-state index contributed by atoms with van der Waals surface area (Å²) in [6, 6.07) is 18.7. The lowest BCUT2D eigenvalue weighted by Gasteiger charge is -2.28. The second-order valence-corrected chi connectivity index (χ2v) is 7.12. The highest BCUT2D eigenvalue weighted by Crippen LogP contribution is 2.23. The summed E-state index contributed by atoms with van der Waals surface area (Å²) in [4.78, 5) is 23.2. The zero-order valence-electron chi connectivity index (χ0n) is 16.5. The molecule has 0 unspecified atom stereocenters. The molecule has 1 aromatic heterocycles. The van der Waals surface area contributed by atoms with Crippen molar-refractivity contribution in [3.63, 3.8) is 0 Å². The van der Waals surface area contributed by atoms with E-state index in [9.17, 15) is 10.1 Å². The van der Waals surface area contributed by atoms with Crippen molar-refractivity contribution >= 4 is 28.8 Å². The Hall–Kier alpha value is -3.92. The fourth-order valence-electron chi connectivity index (χ4n) is 3.48. The third kappa shape index (κ3) is 4.55. The van der Waals surface area contributed by atoms with E-state index in [1.54, 1.807) is 30.3 Å². The number of anilines is 4. The number of benzene rings is 2. The summed E-state index contributed by atoms with van der Waals surface area (Å²) in [7, 11) is 0. The highest BCUT2D eigenvalue weighted by molar-refractivity contribution is 6.03. The number of amides is 1. The van der Waals surface area contributed by atoms with Gasteiger partial charge in [-0.2, -0.15) is 5.26 Å². The number of hydrogen-bond acceptors (Lipinski definition) is 6. The molecule has 0 aliphatic carbocycles. The third-order valence-electron chi connectivity index (χ3n) is 5.06. The molecule has 0 atom stereocenters. The van der Waals surface area contributed by atoms with Gasteiger partial charge in [0.15, 0.2) is 0 Å². The molecule has 150 valence electrons. The highest BCUT2D eigenvalue weighted by Gasteiger charge is 2.13. The zero-order valence-corrected chi connectivity index (χ0v) is 16.5. The first-order chi connectivity index (χ1) is 14.7. The molecule has 30 heavy (non-hydrogen) atoms. The molecule has 2 aromatic carbocycles. The first-order valence-electron chi connectivity index (χ1n) is 9.97. The maximum absolute atomic E-state index is 12.6. The van der Waals surface area contributed by atoms with Crippen molar-refractivity contribution in [2.45, 2.75) is 19.3 Å². The summed E-state index contributed by atoms with van der Waals surface area (Å²) in [6.45, 7) is 2.21. The van der Waals surface area contributed by atoms with Crippen LogP contribution in [-0.4, -0.2) is 29.0 Å². The number of para-hydroxylation sites is 1. The monoisotopic (exact) mass is 398 g/mol. The normalized spacial score (nSPS) is 13.4. The van der Waals surface area contributed by atoms with Gasteiger partial charge in [0.1, 0.15) is 23.9 Å². The van der Waals surface area contributed by atoms with Gasteiger partial charge in [-0.15, -0.1) is 0 Å². The van der Waals surface area contributed by atoms with Gasteiger partial charge in [-0.05, 0) is 55.7 Å². The second-order valence-electron chi connectivity index (χ2n) is 7.12. The van der Waals surface area contributed by atoms with E-state index in [1.165, 1.54) is 31.3 Å². The van der Waals surface area contributed by atoms with Crippen molar-refractivity contribution in [3.8, 4) is 6.07 Å². The molecule has 0 spiro atoms. The molecule has 0 saturated carbocycles. The second kappa shape index (κ2) is 9.05. The van der Waals surface area contributed by atoms with Crippen LogP contribution in [0.1, 0.15) is 35.3 Å². The summed E-state index contributed by atoms with van der Waals surface area (Å²) < 4.78 is 0. The first-order valence-corrected chi connectivity index (χ1v) is 9.97. The van der Waals surface area contributed by atoms with Crippen LogP contribution in [0.4, 0.5) is 22.9 Å². The number of piperidine rings is 1. The smallest absolute Gasteiger partial charge is 0.274 e. The lowest BCUT2D eigenvalue weighted by atomic mass is 10.1. The van der Waals surface area contributed by atoms with Crippen molar-refractivity contribution in [2.75, 3.05) is 28.6 Å². The van der Waals surface area contributed by atoms with Crippen LogP contribution < -0.4 is 15.5 Å². The van der Waals surface area contributed by atoms with Crippen LogP contribution in [0.25, 0.3) is 0 Å². The summed E-state index contributed by atoms with van der Waals surface area (Å²) >= 11 is 0. The summed E-state index contributed by atoms with van der Waals surface area (Å²) in [5, 5.41) is 15.1. The molecule has 0 bridgehead atoms. The van der Waals surface area contributed by atoms with E-state index in [0.717, 1.165) is 18.8 Å². The Kier molecular flexibility index (Phi) is 5.85. The van der Waals surface area contributed by atoms with Crippen LogP contribution in [0.15, 0.2) is 60.9 Å². The Morgan fingerprint density at radius 1 is 1.00 bits per heavy atom. The van der Waals surface area contributed by atoms with Crippen molar-refractivity contribution in [3.05, 3.63) is 72.2 Å². The Morgan fingerprint density at radius 3 is 2.53 bits per heavy atom. The van der Waals surface area contributed by atoms with Gasteiger partial charge >= 0.3 is 0 Å². The van der Waals surface area contributed by atoms with Crippen molar-refractivity contribution < 1.29 is 4.79 Å². The standard InChI is InChI=1S/C23H22N6O/c24-15-17-6-2-3-7-20(17)28-23(30)21-14-22(26-16-25-21)27-18-8-10-19(11-9-18)29-12-4-1-5-13-29/h2-3,6-11,14,16H,1,4-5,12-13H2,(H,28,30)(H,25,26,27). The van der Waals surface area contributed by atoms with Gasteiger partial charge in [-0.1, -0.05) is 12.1 Å². The van der Waals surface area contributed by atoms with Gasteiger partial charge in [0, 0.05) is 30.5 Å². The SMILES string of the molecule is N#Cc1ccccc1NC(=O)c1cc(Nc2ccc(N3CCCCC3)cc2)ncn1. The van der Waals surface area contributed by atoms with E-state index in [4.69, 9.17) is 0 Å². The number of nitrogens with zero attached hydrogens (tertiary/aromatic N) is 4. The van der Waals surface area contributed by atoms with E-state index in [0.29, 0.717) is 17.1 Å². The molecule has 0 radical (unpaired) electrons. The molecule has 1 amide bonds. The number of carbonyl (C=O) groups excluding carboxylic acids is 1. The Balaban J connectivity index is 1.44. The van der Waals surface area contributed by atoms with Gasteiger partial charge < -0.3 is 15.5 Å². The average Bonchev–Trinajstić information content (AvgIpc) is 2.81. The highest BCUT2D eigenvalue weighted by atomic mass is 16.1. The lowest BCUT2D eigenvalue weighted by molar-refractivity contribution is 0.102. The largest absolute Gasteiger partial charge is 0.372 e. The number of hydrogen-bond donors (Lipinski definition) is 2. The summed E-state index contributed by atoms with van der Waals surface area (Å²) in [5.74, 6) is 0.123. The number of nitriles is 1. The maximum atomic E-state index is 12.6. The number of carbonyl (C=O) groups is 1. The van der Waals surface area contributed by atoms with Crippen LogP contribution in [0.3, 0.4) is 0 Å². The molecule has 2 heterocycles. The summed E-state index contributed by atoms with van der Waals surface area (Å²) in [6.07, 6.45) is 5.13. The minimum Gasteiger partial charge on any atom is -0.372 e. The van der Waals surface area contributed by atoms with Crippen molar-refractivity contribution in [1.82, 2.24) is 9.97 Å². The van der Waals surface area contributed by atoms with Gasteiger partial charge in [0.25, 0.3) is 5.91 Å². The molecule has 2 N–H and O–H groups in total. The number of nitrogens with one attached hydrogen (secondary N) is 2. The average molecular weight is 398 g/mol. The van der Waals surface area contributed by atoms with Crippen LogP contribution in [0, 0.1) is 11.3 Å². The van der Waals surface area contributed by atoms with Crippen LogP contribution in [0.2, 0.25) is 0 Å². The number of aromatic nitrogens is 2. The maximum Gasteiger partial charge on any atom is 0.274 e. The minimum atomic E-state index is -0.399. The van der Waals surface area contributed by atoms with Gasteiger partial charge in [-0.3, -0.25) is 4.79 Å². The van der Waals surface area contributed by atoms with E-state index in [2.05, 4.69) is 43.7 Å². The van der Waals surface area contributed by atoms with Crippen LogP contribution in [-0.2, 0) is 0 Å². The molecule has 1 fully saturated rings. The Morgan fingerprint density at radius 2 is 1.77 bits per heavy atom. The molecule has 7 heteroatoms. The van der Waals surface area contributed by atoms with Gasteiger partial charge in [0.2, 0.25) is 0 Å². The first kappa shape index (κ1) is 19.4. The summed E-state index contributed by atoms with van der Waals surface area (Å²) in [5.41, 5.74) is 3.17. The Labute approximate surface area is 175 Å². The van der Waals surface area contributed by atoms with Gasteiger partial charge in [0.05, 0.1) is 11.3 Å². The molecule has 4 rings (SSSR count). The quantitative estimate of drug-likeness (QED) is 0.664. The predicted octanol–water partition coefficient (Wildman–Crippen LogP) is 4.33. The molecule has 3 aromatic rings. The fourth-order valence-corrected chi connectivity index (χ4v) is 3.48. The molecule has 1 aliphatic rings. The van der Waals surface area contributed by atoms with E-state index < -0.39 is 5.91 Å². The van der Waals surface area contributed by atoms with Crippen molar-refractivity contribution in [1.29, 1.82) is 5.26 Å². The fraction of sp³-hybridized carbons (Fsp3) is 0.217. The van der Waals surface area contributed by atoms with Gasteiger partial charge in [-0.25, -0.2) is 9.97 Å². The molecule has 1 aliphatic heterocycles. The van der Waals surface area contributed by atoms with Crippen LogP contribution >= 0.6 is 0 Å². The van der Waals surface area contributed by atoms with Crippen LogP contribution in [0.5, 0.6) is 0 Å². The topological polar surface area (TPSA) is 93.9 Å². The zero-order chi connectivity index (χ0) is 20.8. The molecular formula is C23H22N6O. The Bertz CT molecular complexity index is 1070.